The number of carboxylic acid groups (broad SMARTS) is 1. The van der Waals surface area contributed by atoms with Gasteiger partial charge < -0.3 is 5.11 Å². The van der Waals surface area contributed by atoms with Crippen LogP contribution in [0.1, 0.15) is 42.9 Å². The van der Waals surface area contributed by atoms with Crippen LogP contribution in [-0.2, 0) is 10.0 Å². The van der Waals surface area contributed by atoms with Crippen molar-refractivity contribution >= 4 is 27.3 Å². The van der Waals surface area contributed by atoms with Crippen molar-refractivity contribution in [1.29, 1.82) is 0 Å². The highest BCUT2D eigenvalue weighted by molar-refractivity contribution is 7.89. The van der Waals surface area contributed by atoms with Crippen LogP contribution in [0, 0.1) is 17.8 Å². The van der Waals surface area contributed by atoms with E-state index in [9.17, 15) is 13.2 Å². The predicted octanol–water partition coefficient (Wildman–Crippen LogP) is 2.47. The van der Waals surface area contributed by atoms with Gasteiger partial charge in [-0.3, -0.25) is 0 Å². The molecule has 1 aliphatic carbocycles. The summed E-state index contributed by atoms with van der Waals surface area (Å²) < 4.78 is 27.7. The summed E-state index contributed by atoms with van der Waals surface area (Å²) in [4.78, 5) is 10.9. The van der Waals surface area contributed by atoms with Gasteiger partial charge >= 0.3 is 5.97 Å². The van der Waals surface area contributed by atoms with E-state index in [1.807, 2.05) is 27.7 Å². The molecule has 1 aromatic heterocycles. The number of aryl methyl sites for hydroxylation is 1. The Hall–Kier alpha value is -0.920. The molecule has 1 aliphatic rings. The largest absolute Gasteiger partial charge is 0.477 e. The molecule has 0 saturated heterocycles. The number of rotatable bonds is 4. The SMILES string of the molecule is Cc1csc(C(=O)O)c1S(=O)(=O)NC1C(C)(C)C1(C)C. The number of thiophene rings is 1. The minimum atomic E-state index is -3.82. The Morgan fingerprint density at radius 1 is 1.30 bits per heavy atom. The highest BCUT2D eigenvalue weighted by atomic mass is 32.2. The van der Waals surface area contributed by atoms with E-state index in [1.165, 1.54) is 0 Å². The number of hydrogen-bond acceptors (Lipinski definition) is 4. The van der Waals surface area contributed by atoms with Crippen molar-refractivity contribution in [2.45, 2.75) is 45.6 Å². The number of hydrogen-bond donors (Lipinski definition) is 2. The van der Waals surface area contributed by atoms with Crippen LogP contribution < -0.4 is 4.72 Å². The molecule has 0 radical (unpaired) electrons. The van der Waals surface area contributed by atoms with Gasteiger partial charge in [-0.25, -0.2) is 17.9 Å². The fraction of sp³-hybridized carbons (Fsp3) is 0.615. The lowest BCUT2D eigenvalue weighted by Gasteiger charge is -2.09. The first-order valence-corrected chi connectivity index (χ1v) is 8.63. The Morgan fingerprint density at radius 2 is 1.80 bits per heavy atom. The van der Waals surface area contributed by atoms with Crippen LogP contribution in [0.25, 0.3) is 0 Å². The molecule has 1 heterocycles. The summed E-state index contributed by atoms with van der Waals surface area (Å²) >= 11 is 0.940. The summed E-state index contributed by atoms with van der Waals surface area (Å²) in [5, 5.41) is 10.7. The summed E-state index contributed by atoms with van der Waals surface area (Å²) in [6, 6.07) is -0.194. The van der Waals surface area contributed by atoms with E-state index in [0.717, 1.165) is 11.3 Å². The number of carboxylic acids is 1. The molecule has 0 aliphatic heterocycles. The van der Waals surface area contributed by atoms with Gasteiger partial charge in [-0.2, -0.15) is 0 Å². The second-order valence-electron chi connectivity index (χ2n) is 6.38. The summed E-state index contributed by atoms with van der Waals surface area (Å²) in [5.41, 5.74) is 0.178. The van der Waals surface area contributed by atoms with Crippen LogP contribution in [0.2, 0.25) is 0 Å². The molecule has 1 saturated carbocycles. The molecule has 0 spiro atoms. The Bertz CT molecular complexity index is 657. The average molecular weight is 317 g/mol. The van der Waals surface area contributed by atoms with E-state index in [4.69, 9.17) is 5.11 Å². The van der Waals surface area contributed by atoms with E-state index in [2.05, 4.69) is 4.72 Å². The molecule has 0 unspecified atom stereocenters. The number of nitrogens with one attached hydrogen (secondary N) is 1. The van der Waals surface area contributed by atoms with Crippen molar-refractivity contribution < 1.29 is 18.3 Å². The predicted molar refractivity (Wildman–Crippen MR) is 77.7 cm³/mol. The van der Waals surface area contributed by atoms with E-state index in [0.29, 0.717) is 5.56 Å². The van der Waals surface area contributed by atoms with Gasteiger partial charge in [0.2, 0.25) is 10.0 Å². The number of carbonyl (C=O) groups is 1. The lowest BCUT2D eigenvalue weighted by atomic mass is 10.0. The zero-order valence-electron chi connectivity index (χ0n) is 12.1. The van der Waals surface area contributed by atoms with E-state index in [1.54, 1.807) is 12.3 Å². The van der Waals surface area contributed by atoms with Gasteiger partial charge in [0.25, 0.3) is 0 Å². The smallest absolute Gasteiger partial charge is 0.347 e. The summed E-state index contributed by atoms with van der Waals surface area (Å²) in [6.07, 6.45) is 0. The monoisotopic (exact) mass is 317 g/mol. The summed E-state index contributed by atoms with van der Waals surface area (Å²) in [7, 11) is -3.82. The standard InChI is InChI=1S/C13H19NO4S2/c1-7-6-19-8(10(15)16)9(7)20(17,18)14-11-12(2,3)13(11,4)5/h6,11,14H,1-5H3,(H,15,16). The van der Waals surface area contributed by atoms with Gasteiger partial charge in [0, 0.05) is 6.04 Å². The van der Waals surface area contributed by atoms with Crippen molar-refractivity contribution in [3.63, 3.8) is 0 Å². The van der Waals surface area contributed by atoms with Gasteiger partial charge in [0.15, 0.2) is 0 Å². The fourth-order valence-electron chi connectivity index (χ4n) is 2.62. The topological polar surface area (TPSA) is 83.5 Å². The quantitative estimate of drug-likeness (QED) is 0.893. The molecule has 1 fully saturated rings. The molecule has 2 rings (SSSR count). The molecular formula is C13H19NO4S2. The normalized spacial score (nSPS) is 20.9. The molecule has 20 heavy (non-hydrogen) atoms. The van der Waals surface area contributed by atoms with Crippen molar-refractivity contribution in [3.05, 3.63) is 15.8 Å². The Morgan fingerprint density at radius 3 is 2.20 bits per heavy atom. The van der Waals surface area contributed by atoms with Gasteiger partial charge in [0.1, 0.15) is 9.77 Å². The second-order valence-corrected chi connectivity index (χ2v) is 8.91. The van der Waals surface area contributed by atoms with Crippen molar-refractivity contribution in [1.82, 2.24) is 4.72 Å². The molecule has 0 aromatic carbocycles. The first-order valence-electron chi connectivity index (χ1n) is 6.26. The van der Waals surface area contributed by atoms with E-state index < -0.39 is 16.0 Å². The fourth-order valence-corrected chi connectivity index (χ4v) is 5.78. The zero-order chi connectivity index (χ0) is 15.5. The molecular weight excluding hydrogens is 298 g/mol. The third-order valence-corrected chi connectivity index (χ3v) is 7.50. The van der Waals surface area contributed by atoms with E-state index in [-0.39, 0.29) is 26.6 Å². The minimum absolute atomic E-state index is 0.103. The minimum Gasteiger partial charge on any atom is -0.477 e. The molecule has 0 amide bonds. The Labute approximate surface area is 123 Å². The average Bonchev–Trinajstić information content (AvgIpc) is 2.66. The third-order valence-electron chi connectivity index (χ3n) is 4.67. The van der Waals surface area contributed by atoms with Crippen LogP contribution in [0.4, 0.5) is 0 Å². The Balaban J connectivity index is 2.39. The number of aromatic carboxylic acids is 1. The Kier molecular flexibility index (Phi) is 3.31. The lowest BCUT2D eigenvalue weighted by molar-refractivity contribution is 0.0698. The van der Waals surface area contributed by atoms with Crippen LogP contribution in [0.15, 0.2) is 10.3 Å². The third kappa shape index (κ3) is 2.08. The number of sulfonamides is 1. The first kappa shape index (κ1) is 15.5. The molecule has 112 valence electrons. The summed E-state index contributed by atoms with van der Waals surface area (Å²) in [5.74, 6) is -1.21. The van der Waals surface area contributed by atoms with Crippen molar-refractivity contribution in [2.24, 2.45) is 10.8 Å². The molecule has 0 bridgehead atoms. The molecule has 0 atom stereocenters. The van der Waals surface area contributed by atoms with Crippen molar-refractivity contribution in [3.8, 4) is 0 Å². The van der Waals surface area contributed by atoms with Gasteiger partial charge in [-0.1, -0.05) is 27.7 Å². The highest BCUT2D eigenvalue weighted by Crippen LogP contribution is 2.63. The highest BCUT2D eigenvalue weighted by Gasteiger charge is 2.66. The van der Waals surface area contributed by atoms with Gasteiger partial charge in [0.05, 0.1) is 0 Å². The summed E-state index contributed by atoms with van der Waals surface area (Å²) in [6.45, 7) is 9.61. The molecule has 1 aromatic rings. The second kappa shape index (κ2) is 4.29. The maximum atomic E-state index is 12.5. The maximum absolute atomic E-state index is 12.5. The van der Waals surface area contributed by atoms with E-state index >= 15 is 0 Å². The molecule has 5 nitrogen and oxygen atoms in total. The first-order chi connectivity index (χ1) is 8.93. The molecule has 7 heteroatoms. The maximum Gasteiger partial charge on any atom is 0.347 e. The van der Waals surface area contributed by atoms with Crippen molar-refractivity contribution in [2.75, 3.05) is 0 Å². The van der Waals surface area contributed by atoms with Crippen LogP contribution >= 0.6 is 11.3 Å². The lowest BCUT2D eigenvalue weighted by Crippen LogP contribution is -2.31. The van der Waals surface area contributed by atoms with Gasteiger partial charge in [-0.05, 0) is 28.7 Å². The van der Waals surface area contributed by atoms with Gasteiger partial charge in [-0.15, -0.1) is 11.3 Å². The van der Waals surface area contributed by atoms with Crippen LogP contribution in [-0.4, -0.2) is 25.5 Å². The van der Waals surface area contributed by atoms with Crippen LogP contribution in [0.5, 0.6) is 0 Å². The van der Waals surface area contributed by atoms with Crippen LogP contribution in [0.3, 0.4) is 0 Å². The zero-order valence-corrected chi connectivity index (χ0v) is 13.8. The molecule has 2 N–H and O–H groups in total.